The first-order valence-corrected chi connectivity index (χ1v) is 5.21. The highest BCUT2D eigenvalue weighted by atomic mass is 19.3. The van der Waals surface area contributed by atoms with Crippen LogP contribution in [0.3, 0.4) is 0 Å². The monoisotopic (exact) mass is 247 g/mol. The summed E-state index contributed by atoms with van der Waals surface area (Å²) >= 11 is 0. The van der Waals surface area contributed by atoms with Gasteiger partial charge in [-0.3, -0.25) is 14.3 Å². The molecule has 0 aliphatic carbocycles. The molecule has 0 fully saturated rings. The summed E-state index contributed by atoms with van der Waals surface area (Å²) in [5, 5.41) is 8.47. The molecule has 1 heterocycles. The van der Waals surface area contributed by atoms with Crippen molar-refractivity contribution in [1.29, 1.82) is 0 Å². The lowest BCUT2D eigenvalue weighted by Gasteiger charge is -2.16. The lowest BCUT2D eigenvalue weighted by molar-refractivity contribution is -0.137. The number of carboxylic acids is 1. The minimum Gasteiger partial charge on any atom is -0.481 e. The third-order valence-corrected chi connectivity index (χ3v) is 2.30. The number of rotatable bonds is 7. The molecule has 0 atom stereocenters. The molecule has 1 aromatic heterocycles. The number of carbonyl (C=O) groups is 1. The summed E-state index contributed by atoms with van der Waals surface area (Å²) in [5.74, 6) is -0.578. The van der Waals surface area contributed by atoms with Gasteiger partial charge in [0.25, 0.3) is 0 Å². The number of hydrogen-bond acceptors (Lipinski definition) is 3. The van der Waals surface area contributed by atoms with Crippen molar-refractivity contribution in [3.05, 3.63) is 18.2 Å². The highest BCUT2D eigenvalue weighted by molar-refractivity contribution is 5.66. The van der Waals surface area contributed by atoms with Crippen LogP contribution in [0.1, 0.15) is 25.2 Å². The number of aliphatic carboxylic acids is 1. The van der Waals surface area contributed by atoms with Gasteiger partial charge in [-0.1, -0.05) is 0 Å². The Morgan fingerprint density at radius 2 is 2.35 bits per heavy atom. The number of imidazole rings is 1. The van der Waals surface area contributed by atoms with E-state index >= 15 is 0 Å². The van der Waals surface area contributed by atoms with Crippen LogP contribution in [0.4, 0.5) is 8.78 Å². The van der Waals surface area contributed by atoms with Gasteiger partial charge in [-0.05, 0) is 20.0 Å². The van der Waals surface area contributed by atoms with Gasteiger partial charge in [0.1, 0.15) is 5.82 Å². The molecule has 0 amide bonds. The van der Waals surface area contributed by atoms with Crippen LogP contribution in [0, 0.1) is 0 Å². The highest BCUT2D eigenvalue weighted by Crippen LogP contribution is 2.13. The Bertz CT molecular complexity index is 368. The van der Waals surface area contributed by atoms with Crippen LogP contribution in [-0.4, -0.2) is 39.1 Å². The fourth-order valence-corrected chi connectivity index (χ4v) is 1.46. The average Bonchev–Trinajstić information content (AvgIpc) is 2.65. The van der Waals surface area contributed by atoms with E-state index in [1.165, 1.54) is 12.4 Å². The third-order valence-electron chi connectivity index (χ3n) is 2.30. The lowest BCUT2D eigenvalue weighted by atomic mass is 10.3. The van der Waals surface area contributed by atoms with Crippen LogP contribution < -0.4 is 0 Å². The molecule has 0 saturated carbocycles. The summed E-state index contributed by atoms with van der Waals surface area (Å²) < 4.78 is 25.8. The van der Waals surface area contributed by atoms with E-state index in [4.69, 9.17) is 5.11 Å². The molecule has 96 valence electrons. The molecule has 0 aromatic carbocycles. The second-order valence-corrected chi connectivity index (χ2v) is 3.76. The van der Waals surface area contributed by atoms with Crippen molar-refractivity contribution in [2.75, 3.05) is 13.6 Å². The predicted molar refractivity (Wildman–Crippen MR) is 56.7 cm³/mol. The molecule has 1 aromatic rings. The molecule has 1 rings (SSSR count). The minimum absolute atomic E-state index is 0.0770. The Labute approximate surface area is 97.7 Å². The van der Waals surface area contributed by atoms with Crippen LogP contribution in [0.15, 0.2) is 12.4 Å². The molecule has 0 aliphatic rings. The van der Waals surface area contributed by atoms with E-state index in [1.54, 1.807) is 11.9 Å². The largest absolute Gasteiger partial charge is 0.481 e. The molecule has 0 aliphatic heterocycles. The first-order chi connectivity index (χ1) is 8.00. The first kappa shape index (κ1) is 13.6. The van der Waals surface area contributed by atoms with Crippen LogP contribution in [0.2, 0.25) is 0 Å². The number of hydrogen-bond donors (Lipinski definition) is 1. The van der Waals surface area contributed by atoms with Gasteiger partial charge >= 0.3 is 12.5 Å². The number of carboxylic acid groups (broad SMARTS) is 1. The zero-order valence-electron chi connectivity index (χ0n) is 9.51. The molecule has 0 spiro atoms. The van der Waals surface area contributed by atoms with Gasteiger partial charge in [-0.2, -0.15) is 8.78 Å². The Kier molecular flexibility index (Phi) is 5.02. The highest BCUT2D eigenvalue weighted by Gasteiger charge is 2.12. The van der Waals surface area contributed by atoms with Crippen molar-refractivity contribution in [2.45, 2.75) is 25.9 Å². The van der Waals surface area contributed by atoms with Crippen LogP contribution in [-0.2, 0) is 11.3 Å². The Balaban J connectivity index is 2.42. The maximum absolute atomic E-state index is 12.5. The fraction of sp³-hybridized carbons (Fsp3) is 0.600. The van der Waals surface area contributed by atoms with Gasteiger partial charge < -0.3 is 5.11 Å². The molecular weight excluding hydrogens is 232 g/mol. The molecule has 5 nitrogen and oxygen atoms in total. The summed E-state index contributed by atoms with van der Waals surface area (Å²) in [6, 6.07) is 0. The first-order valence-electron chi connectivity index (χ1n) is 5.21. The average molecular weight is 247 g/mol. The maximum Gasteiger partial charge on any atom is 0.319 e. The summed E-state index contributed by atoms with van der Waals surface area (Å²) in [4.78, 5) is 15.9. The van der Waals surface area contributed by atoms with E-state index in [0.717, 1.165) is 4.57 Å². The molecular formula is C10H15F2N3O2. The Morgan fingerprint density at radius 3 is 2.94 bits per heavy atom. The maximum atomic E-state index is 12.5. The molecule has 7 heteroatoms. The third kappa shape index (κ3) is 4.48. The lowest BCUT2D eigenvalue weighted by Crippen LogP contribution is -2.22. The zero-order chi connectivity index (χ0) is 12.8. The normalized spacial score (nSPS) is 11.4. The van der Waals surface area contributed by atoms with Crippen LogP contribution >= 0.6 is 0 Å². The Hall–Kier alpha value is -1.50. The van der Waals surface area contributed by atoms with Gasteiger partial charge in [0.05, 0.1) is 6.54 Å². The predicted octanol–water partition coefficient (Wildman–Crippen LogP) is 1.57. The standard InChI is InChI=1S/C10H15F2N3O2/c1-14(5-2-3-9(16)17)7-8-13-4-6-15(8)10(11)12/h4,6,10H,2-3,5,7H2,1H3,(H,16,17). The van der Waals surface area contributed by atoms with Crippen molar-refractivity contribution in [3.63, 3.8) is 0 Å². The van der Waals surface area contributed by atoms with Gasteiger partial charge in [-0.15, -0.1) is 0 Å². The molecule has 0 saturated heterocycles. The molecule has 17 heavy (non-hydrogen) atoms. The number of halogens is 2. The van der Waals surface area contributed by atoms with Gasteiger partial charge in [-0.25, -0.2) is 4.98 Å². The second-order valence-electron chi connectivity index (χ2n) is 3.76. The molecule has 0 radical (unpaired) electrons. The fourth-order valence-electron chi connectivity index (χ4n) is 1.46. The summed E-state index contributed by atoms with van der Waals surface area (Å²) in [6.07, 6.45) is 3.12. The summed E-state index contributed by atoms with van der Waals surface area (Å²) in [5.41, 5.74) is 0. The zero-order valence-corrected chi connectivity index (χ0v) is 9.51. The SMILES string of the molecule is CN(CCCC(=O)O)Cc1nccn1C(F)F. The van der Waals surface area contributed by atoms with Crippen molar-refractivity contribution in [3.8, 4) is 0 Å². The summed E-state index contributed by atoms with van der Waals surface area (Å²) in [6.45, 7) is -1.79. The number of aromatic nitrogens is 2. The molecule has 0 unspecified atom stereocenters. The summed E-state index contributed by atoms with van der Waals surface area (Å²) in [7, 11) is 1.74. The number of nitrogens with zero attached hydrogens (tertiary/aromatic N) is 3. The topological polar surface area (TPSA) is 58.4 Å². The van der Waals surface area contributed by atoms with E-state index in [0.29, 0.717) is 13.0 Å². The van der Waals surface area contributed by atoms with Gasteiger partial charge in [0.2, 0.25) is 0 Å². The van der Waals surface area contributed by atoms with Crippen molar-refractivity contribution >= 4 is 5.97 Å². The van der Waals surface area contributed by atoms with E-state index < -0.39 is 12.5 Å². The van der Waals surface area contributed by atoms with Crippen molar-refractivity contribution < 1.29 is 18.7 Å². The quantitative estimate of drug-likeness (QED) is 0.794. The van der Waals surface area contributed by atoms with Crippen LogP contribution in [0.5, 0.6) is 0 Å². The molecule has 0 bridgehead atoms. The van der Waals surface area contributed by atoms with Crippen LogP contribution in [0.25, 0.3) is 0 Å². The number of alkyl halides is 2. The Morgan fingerprint density at radius 1 is 1.65 bits per heavy atom. The molecule has 1 N–H and O–H groups in total. The van der Waals surface area contributed by atoms with Crippen molar-refractivity contribution in [1.82, 2.24) is 14.5 Å². The minimum atomic E-state index is -2.60. The van der Waals surface area contributed by atoms with Gasteiger partial charge in [0, 0.05) is 18.8 Å². The van der Waals surface area contributed by atoms with E-state index in [-0.39, 0.29) is 18.8 Å². The van der Waals surface area contributed by atoms with Crippen molar-refractivity contribution in [2.24, 2.45) is 0 Å². The van der Waals surface area contributed by atoms with E-state index in [1.807, 2.05) is 0 Å². The van der Waals surface area contributed by atoms with Gasteiger partial charge in [0.15, 0.2) is 0 Å². The second kappa shape index (κ2) is 6.29. The van der Waals surface area contributed by atoms with E-state index in [9.17, 15) is 13.6 Å². The smallest absolute Gasteiger partial charge is 0.319 e. The van der Waals surface area contributed by atoms with E-state index in [2.05, 4.69) is 4.98 Å².